The molecular weight excluding hydrogens is 122 g/mol. The molecule has 0 aliphatic heterocycles. The van der Waals surface area contributed by atoms with Crippen LogP contribution in [0.5, 0.6) is 0 Å². The standard InChI is InChI=1S/C5H9NO3/c7-3-5(9)1-2-6-4-8/h3-5,9H,1-2H2,(H,6,8). The summed E-state index contributed by atoms with van der Waals surface area (Å²) in [5.41, 5.74) is 0. The molecule has 0 aliphatic carbocycles. The molecule has 0 spiro atoms. The fraction of sp³-hybridized carbons (Fsp3) is 0.600. The third kappa shape index (κ3) is 4.96. The van der Waals surface area contributed by atoms with E-state index in [4.69, 9.17) is 5.11 Å². The Labute approximate surface area is 52.9 Å². The van der Waals surface area contributed by atoms with Crippen LogP contribution in [0.15, 0.2) is 0 Å². The molecule has 0 aliphatic rings. The smallest absolute Gasteiger partial charge is 0.207 e. The molecule has 0 radical (unpaired) electrons. The van der Waals surface area contributed by atoms with Crippen LogP contribution in [0.1, 0.15) is 6.42 Å². The van der Waals surface area contributed by atoms with Crippen LogP contribution in [0.25, 0.3) is 0 Å². The van der Waals surface area contributed by atoms with Gasteiger partial charge in [-0.3, -0.25) is 4.79 Å². The number of carbonyl (C=O) groups is 2. The molecule has 0 saturated carbocycles. The lowest BCUT2D eigenvalue weighted by molar-refractivity contribution is -0.115. The molecule has 0 fully saturated rings. The van der Waals surface area contributed by atoms with Crippen molar-refractivity contribution in [3.05, 3.63) is 0 Å². The van der Waals surface area contributed by atoms with E-state index in [-0.39, 0.29) is 6.42 Å². The van der Waals surface area contributed by atoms with E-state index in [1.807, 2.05) is 0 Å². The maximum Gasteiger partial charge on any atom is 0.207 e. The molecule has 0 aromatic carbocycles. The molecule has 0 heterocycles. The lowest BCUT2D eigenvalue weighted by Gasteiger charge is -1.99. The normalized spacial score (nSPS) is 12.1. The number of hydrogen-bond donors (Lipinski definition) is 2. The lowest BCUT2D eigenvalue weighted by Crippen LogP contribution is -2.19. The van der Waals surface area contributed by atoms with E-state index >= 15 is 0 Å². The Morgan fingerprint density at radius 2 is 2.22 bits per heavy atom. The summed E-state index contributed by atoms with van der Waals surface area (Å²) in [6.45, 7) is 0.337. The first-order chi connectivity index (χ1) is 4.31. The highest BCUT2D eigenvalue weighted by atomic mass is 16.3. The van der Waals surface area contributed by atoms with Crippen LogP contribution in [-0.2, 0) is 9.59 Å². The third-order valence-corrected chi connectivity index (χ3v) is 0.825. The van der Waals surface area contributed by atoms with Gasteiger partial charge in [0.1, 0.15) is 12.4 Å². The van der Waals surface area contributed by atoms with Gasteiger partial charge in [-0.15, -0.1) is 0 Å². The monoisotopic (exact) mass is 131 g/mol. The number of aliphatic hydroxyl groups excluding tert-OH is 1. The zero-order valence-corrected chi connectivity index (χ0v) is 4.91. The molecule has 52 valence electrons. The van der Waals surface area contributed by atoms with Gasteiger partial charge in [-0.05, 0) is 6.42 Å². The lowest BCUT2D eigenvalue weighted by atomic mass is 10.3. The Balaban J connectivity index is 3.05. The highest BCUT2D eigenvalue weighted by molar-refractivity contribution is 5.55. The predicted octanol–water partition coefficient (Wildman–Crippen LogP) is -1.32. The van der Waals surface area contributed by atoms with Crippen molar-refractivity contribution in [3.8, 4) is 0 Å². The number of aliphatic hydroxyl groups is 1. The molecule has 4 nitrogen and oxygen atoms in total. The molecule has 1 amide bonds. The van der Waals surface area contributed by atoms with Crippen molar-refractivity contribution in [2.24, 2.45) is 0 Å². The van der Waals surface area contributed by atoms with E-state index in [1.54, 1.807) is 0 Å². The molecule has 4 heteroatoms. The van der Waals surface area contributed by atoms with Crippen molar-refractivity contribution in [1.82, 2.24) is 5.32 Å². The van der Waals surface area contributed by atoms with E-state index in [2.05, 4.69) is 5.32 Å². The summed E-state index contributed by atoms with van der Waals surface area (Å²) in [6, 6.07) is 0. The number of amides is 1. The Morgan fingerprint density at radius 3 is 2.67 bits per heavy atom. The van der Waals surface area contributed by atoms with Crippen LogP contribution < -0.4 is 5.32 Å². The maximum atomic E-state index is 9.73. The summed E-state index contributed by atoms with van der Waals surface area (Å²) < 4.78 is 0. The van der Waals surface area contributed by atoms with Crippen molar-refractivity contribution in [2.45, 2.75) is 12.5 Å². The van der Waals surface area contributed by atoms with Crippen LogP contribution in [0.3, 0.4) is 0 Å². The molecule has 0 saturated heterocycles. The van der Waals surface area contributed by atoms with Gasteiger partial charge in [-0.2, -0.15) is 0 Å². The number of hydrogen-bond acceptors (Lipinski definition) is 3. The summed E-state index contributed by atoms with van der Waals surface area (Å²) in [4.78, 5) is 19.3. The minimum Gasteiger partial charge on any atom is -0.386 e. The fourth-order valence-corrected chi connectivity index (χ4v) is 0.358. The SMILES string of the molecule is O=CNCCC(O)C=O. The first-order valence-corrected chi connectivity index (χ1v) is 2.61. The summed E-state index contributed by atoms with van der Waals surface area (Å²) in [6.07, 6.45) is 0.296. The first kappa shape index (κ1) is 8.10. The topological polar surface area (TPSA) is 66.4 Å². The molecule has 1 atom stereocenters. The average Bonchev–Trinajstić information content (AvgIpc) is 1.89. The van der Waals surface area contributed by atoms with Crippen molar-refractivity contribution >= 4 is 12.7 Å². The molecule has 1 unspecified atom stereocenters. The van der Waals surface area contributed by atoms with Gasteiger partial charge in [0.2, 0.25) is 6.41 Å². The van der Waals surface area contributed by atoms with E-state index in [0.29, 0.717) is 19.2 Å². The number of aldehydes is 1. The number of nitrogens with one attached hydrogen (secondary N) is 1. The Morgan fingerprint density at radius 1 is 1.56 bits per heavy atom. The van der Waals surface area contributed by atoms with Crippen LogP contribution in [-0.4, -0.2) is 30.5 Å². The number of carbonyl (C=O) groups excluding carboxylic acids is 2. The second-order valence-electron chi connectivity index (χ2n) is 1.56. The van der Waals surface area contributed by atoms with Crippen molar-refractivity contribution < 1.29 is 14.7 Å². The second kappa shape index (κ2) is 5.24. The zero-order chi connectivity index (χ0) is 7.11. The van der Waals surface area contributed by atoms with E-state index in [0.717, 1.165) is 0 Å². The van der Waals surface area contributed by atoms with Crippen molar-refractivity contribution in [2.75, 3.05) is 6.54 Å². The summed E-state index contributed by atoms with van der Waals surface area (Å²) >= 11 is 0. The zero-order valence-electron chi connectivity index (χ0n) is 4.91. The van der Waals surface area contributed by atoms with Gasteiger partial charge in [0, 0.05) is 6.54 Å². The molecule has 9 heavy (non-hydrogen) atoms. The van der Waals surface area contributed by atoms with Crippen LogP contribution in [0.4, 0.5) is 0 Å². The summed E-state index contributed by atoms with van der Waals surface area (Å²) in [5, 5.41) is 10.9. The predicted molar refractivity (Wildman–Crippen MR) is 30.8 cm³/mol. The third-order valence-electron chi connectivity index (χ3n) is 0.825. The van der Waals surface area contributed by atoms with Gasteiger partial charge in [0.05, 0.1) is 0 Å². The van der Waals surface area contributed by atoms with Crippen LogP contribution >= 0.6 is 0 Å². The van der Waals surface area contributed by atoms with E-state index in [1.165, 1.54) is 0 Å². The van der Waals surface area contributed by atoms with Gasteiger partial charge < -0.3 is 15.2 Å². The van der Waals surface area contributed by atoms with Crippen molar-refractivity contribution in [1.29, 1.82) is 0 Å². The van der Waals surface area contributed by atoms with Gasteiger partial charge in [-0.1, -0.05) is 0 Å². The first-order valence-electron chi connectivity index (χ1n) is 2.61. The molecule has 2 N–H and O–H groups in total. The molecule has 0 rings (SSSR count). The Kier molecular flexibility index (Phi) is 4.72. The number of rotatable bonds is 5. The van der Waals surface area contributed by atoms with Gasteiger partial charge >= 0.3 is 0 Å². The minimum atomic E-state index is -0.947. The highest BCUT2D eigenvalue weighted by Gasteiger charge is 1.97. The minimum absolute atomic E-state index is 0.280. The Hall–Kier alpha value is -0.900. The largest absolute Gasteiger partial charge is 0.386 e. The van der Waals surface area contributed by atoms with Crippen LogP contribution in [0.2, 0.25) is 0 Å². The molecule has 0 bridgehead atoms. The van der Waals surface area contributed by atoms with Crippen molar-refractivity contribution in [3.63, 3.8) is 0 Å². The van der Waals surface area contributed by atoms with E-state index < -0.39 is 6.10 Å². The quantitative estimate of drug-likeness (QED) is 0.359. The van der Waals surface area contributed by atoms with Crippen LogP contribution in [0, 0.1) is 0 Å². The second-order valence-corrected chi connectivity index (χ2v) is 1.56. The fourth-order valence-electron chi connectivity index (χ4n) is 0.358. The van der Waals surface area contributed by atoms with Gasteiger partial charge in [-0.25, -0.2) is 0 Å². The molecule has 0 aromatic rings. The molecule has 0 aromatic heterocycles. The van der Waals surface area contributed by atoms with Gasteiger partial charge in [0.25, 0.3) is 0 Å². The highest BCUT2D eigenvalue weighted by Crippen LogP contribution is 1.81. The average molecular weight is 131 g/mol. The van der Waals surface area contributed by atoms with E-state index in [9.17, 15) is 9.59 Å². The summed E-state index contributed by atoms with van der Waals surface area (Å²) in [5.74, 6) is 0. The Bertz CT molecular complexity index is 94.2. The summed E-state index contributed by atoms with van der Waals surface area (Å²) in [7, 11) is 0. The maximum absolute atomic E-state index is 9.73. The molecular formula is C5H9NO3. The van der Waals surface area contributed by atoms with Gasteiger partial charge in [0.15, 0.2) is 0 Å².